The van der Waals surface area contributed by atoms with Crippen LogP contribution in [-0.4, -0.2) is 35.9 Å². The fraction of sp³-hybridized carbons (Fsp3) is 0.158. The predicted molar refractivity (Wildman–Crippen MR) is 107 cm³/mol. The van der Waals surface area contributed by atoms with E-state index < -0.39 is 4.92 Å². The van der Waals surface area contributed by atoms with Crippen LogP contribution in [-0.2, 0) is 0 Å². The Bertz CT molecular complexity index is 1110. The highest BCUT2D eigenvalue weighted by molar-refractivity contribution is 5.79. The Morgan fingerprint density at radius 2 is 1.77 bits per heavy atom. The molecule has 2 N–H and O–H groups in total. The highest BCUT2D eigenvalue weighted by Gasteiger charge is 2.25. The van der Waals surface area contributed by atoms with E-state index in [1.54, 1.807) is 36.4 Å². The average molecular weight is 411 g/mol. The van der Waals surface area contributed by atoms with Crippen LogP contribution in [0.25, 0.3) is 0 Å². The van der Waals surface area contributed by atoms with Gasteiger partial charge in [-0.05, 0) is 24.3 Å². The second-order valence-electron chi connectivity index (χ2n) is 6.06. The summed E-state index contributed by atoms with van der Waals surface area (Å²) in [6.07, 6.45) is 1.22. The van der Waals surface area contributed by atoms with Gasteiger partial charge in [0.05, 0.1) is 24.8 Å². The Hall–Kier alpha value is -4.28. The molecule has 0 saturated heterocycles. The lowest BCUT2D eigenvalue weighted by atomic mass is 10.2. The summed E-state index contributed by atoms with van der Waals surface area (Å²) in [5.41, 5.74) is 0.705. The quantitative estimate of drug-likeness (QED) is 0.439. The fourth-order valence-electron chi connectivity index (χ4n) is 2.88. The first-order valence-electron chi connectivity index (χ1n) is 8.74. The number of hydrogen-bond acceptors (Lipinski definition) is 10. The first-order valence-corrected chi connectivity index (χ1v) is 8.74. The summed E-state index contributed by atoms with van der Waals surface area (Å²) in [7, 11) is 3.02. The van der Waals surface area contributed by atoms with Crippen LogP contribution >= 0.6 is 0 Å². The maximum Gasteiger partial charge on any atom is 0.353 e. The predicted octanol–water partition coefficient (Wildman–Crippen LogP) is 3.62. The number of hydrogen-bond donors (Lipinski definition) is 2. The van der Waals surface area contributed by atoms with Crippen molar-refractivity contribution in [1.29, 1.82) is 0 Å². The number of methoxy groups -OCH3 is 2. The minimum absolute atomic E-state index is 0.00158. The first kappa shape index (κ1) is 19.1. The van der Waals surface area contributed by atoms with Gasteiger partial charge in [0.25, 0.3) is 0 Å². The van der Waals surface area contributed by atoms with Crippen molar-refractivity contribution in [2.75, 3.05) is 31.6 Å². The summed E-state index contributed by atoms with van der Waals surface area (Å²) in [5.74, 6) is 2.18. The third-order valence-corrected chi connectivity index (χ3v) is 4.30. The van der Waals surface area contributed by atoms with Crippen molar-refractivity contribution in [3.8, 4) is 23.0 Å². The van der Waals surface area contributed by atoms with Crippen molar-refractivity contribution in [3.63, 3.8) is 0 Å². The number of fused-ring (bicyclic) bond motifs is 1. The van der Waals surface area contributed by atoms with Gasteiger partial charge in [-0.15, -0.1) is 0 Å². The maximum atomic E-state index is 11.8. The molecule has 2 aromatic carbocycles. The fourth-order valence-corrected chi connectivity index (χ4v) is 2.88. The molecule has 154 valence electrons. The van der Waals surface area contributed by atoms with Gasteiger partial charge in [0.2, 0.25) is 18.4 Å². The van der Waals surface area contributed by atoms with Crippen LogP contribution in [0.15, 0.2) is 42.7 Å². The van der Waals surface area contributed by atoms with Gasteiger partial charge in [0.1, 0.15) is 17.8 Å². The minimum atomic E-state index is -0.562. The molecule has 0 spiro atoms. The average Bonchev–Trinajstić information content (AvgIpc) is 3.22. The van der Waals surface area contributed by atoms with Crippen molar-refractivity contribution >= 4 is 28.7 Å². The summed E-state index contributed by atoms with van der Waals surface area (Å²) in [5, 5.41) is 17.7. The van der Waals surface area contributed by atoms with Crippen LogP contribution in [0.2, 0.25) is 0 Å². The molecule has 1 aliphatic heterocycles. The number of nitrogens with one attached hydrogen (secondary N) is 2. The van der Waals surface area contributed by atoms with E-state index >= 15 is 0 Å². The van der Waals surface area contributed by atoms with Crippen molar-refractivity contribution in [2.45, 2.75) is 0 Å². The number of anilines is 4. The van der Waals surface area contributed by atoms with E-state index in [2.05, 4.69) is 20.6 Å². The van der Waals surface area contributed by atoms with Crippen LogP contribution in [0.5, 0.6) is 23.0 Å². The highest BCUT2D eigenvalue weighted by Crippen LogP contribution is 2.39. The molecule has 2 heterocycles. The molecule has 30 heavy (non-hydrogen) atoms. The Labute approximate surface area is 170 Å². The molecule has 11 heteroatoms. The first-order chi connectivity index (χ1) is 14.6. The summed E-state index contributed by atoms with van der Waals surface area (Å²) < 4.78 is 21.1. The van der Waals surface area contributed by atoms with E-state index in [1.807, 2.05) is 0 Å². The monoisotopic (exact) mass is 411 g/mol. The number of rotatable bonds is 7. The summed E-state index contributed by atoms with van der Waals surface area (Å²) in [6.45, 7) is 0.129. The van der Waals surface area contributed by atoms with Crippen molar-refractivity contribution in [1.82, 2.24) is 9.97 Å². The number of aromatic nitrogens is 2. The van der Waals surface area contributed by atoms with E-state index in [9.17, 15) is 10.1 Å². The van der Waals surface area contributed by atoms with Crippen LogP contribution < -0.4 is 29.6 Å². The summed E-state index contributed by atoms with van der Waals surface area (Å²) >= 11 is 0. The van der Waals surface area contributed by atoms with Crippen LogP contribution in [0.1, 0.15) is 0 Å². The molecule has 0 amide bonds. The van der Waals surface area contributed by atoms with E-state index in [0.29, 0.717) is 34.4 Å². The van der Waals surface area contributed by atoms with Gasteiger partial charge in [-0.2, -0.15) is 0 Å². The molecular weight excluding hydrogens is 394 g/mol. The molecule has 1 aliphatic rings. The Morgan fingerprint density at radius 1 is 1.00 bits per heavy atom. The van der Waals surface area contributed by atoms with Gasteiger partial charge < -0.3 is 29.6 Å². The minimum Gasteiger partial charge on any atom is -0.497 e. The lowest BCUT2D eigenvalue weighted by Crippen LogP contribution is -2.06. The van der Waals surface area contributed by atoms with Gasteiger partial charge >= 0.3 is 5.69 Å². The third-order valence-electron chi connectivity index (χ3n) is 4.30. The molecule has 0 fully saturated rings. The van der Waals surface area contributed by atoms with E-state index in [1.165, 1.54) is 20.5 Å². The van der Waals surface area contributed by atoms with Gasteiger partial charge in [0.15, 0.2) is 11.5 Å². The number of nitrogens with zero attached hydrogens (tertiary/aromatic N) is 3. The topological polar surface area (TPSA) is 130 Å². The Balaban J connectivity index is 1.68. The standard InChI is InChI=1S/C19H17N5O6/c1-27-12-4-5-13(15(8-12)28-2)23-19-17(24(25)26)18(20-9-21-19)22-11-3-6-14-16(7-11)30-10-29-14/h3-9H,10H2,1-2H3,(H2,20,21,22,23). The van der Waals surface area contributed by atoms with E-state index in [4.69, 9.17) is 18.9 Å². The smallest absolute Gasteiger partial charge is 0.353 e. The van der Waals surface area contributed by atoms with Crippen molar-refractivity contribution in [2.24, 2.45) is 0 Å². The molecular formula is C19H17N5O6. The summed E-state index contributed by atoms with van der Waals surface area (Å²) in [6, 6.07) is 10.1. The van der Waals surface area contributed by atoms with E-state index in [-0.39, 0.29) is 24.1 Å². The van der Waals surface area contributed by atoms with Gasteiger partial charge in [0, 0.05) is 17.8 Å². The van der Waals surface area contributed by atoms with Crippen LogP contribution in [0.3, 0.4) is 0 Å². The third kappa shape index (κ3) is 3.68. The normalized spacial score (nSPS) is 11.7. The zero-order valence-electron chi connectivity index (χ0n) is 16.0. The van der Waals surface area contributed by atoms with Gasteiger partial charge in [-0.25, -0.2) is 9.97 Å². The van der Waals surface area contributed by atoms with Gasteiger partial charge in [-0.3, -0.25) is 10.1 Å². The molecule has 0 radical (unpaired) electrons. The molecule has 0 atom stereocenters. The Morgan fingerprint density at radius 3 is 2.50 bits per heavy atom. The molecule has 0 bridgehead atoms. The molecule has 11 nitrogen and oxygen atoms in total. The SMILES string of the molecule is COc1ccc(Nc2ncnc(Nc3ccc4c(c3)OCO4)c2[N+](=O)[O-])c(OC)c1. The maximum absolute atomic E-state index is 11.8. The molecule has 3 aromatic rings. The number of nitro groups is 1. The second-order valence-corrected chi connectivity index (χ2v) is 6.06. The van der Waals surface area contributed by atoms with Crippen LogP contribution in [0.4, 0.5) is 28.7 Å². The van der Waals surface area contributed by atoms with Gasteiger partial charge in [-0.1, -0.05) is 0 Å². The number of benzene rings is 2. The largest absolute Gasteiger partial charge is 0.497 e. The van der Waals surface area contributed by atoms with Crippen molar-refractivity contribution < 1.29 is 23.9 Å². The molecule has 1 aromatic heterocycles. The molecule has 4 rings (SSSR count). The highest BCUT2D eigenvalue weighted by atomic mass is 16.7. The number of ether oxygens (including phenoxy) is 4. The Kier molecular flexibility index (Phi) is 5.08. The lowest BCUT2D eigenvalue weighted by molar-refractivity contribution is -0.383. The van der Waals surface area contributed by atoms with Crippen molar-refractivity contribution in [3.05, 3.63) is 52.8 Å². The second kappa shape index (κ2) is 7.99. The summed E-state index contributed by atoms with van der Waals surface area (Å²) in [4.78, 5) is 19.3. The molecule has 0 unspecified atom stereocenters. The molecule has 0 aliphatic carbocycles. The van der Waals surface area contributed by atoms with E-state index in [0.717, 1.165) is 0 Å². The molecule has 0 saturated carbocycles. The van der Waals surface area contributed by atoms with Crippen LogP contribution in [0, 0.1) is 10.1 Å². The zero-order valence-corrected chi connectivity index (χ0v) is 16.0. The lowest BCUT2D eigenvalue weighted by Gasteiger charge is -2.13. The zero-order chi connectivity index (χ0) is 21.1.